The van der Waals surface area contributed by atoms with Gasteiger partial charge in [0.1, 0.15) is 0 Å². The Labute approximate surface area is 202 Å². The number of aliphatic hydroxyl groups is 4. The van der Waals surface area contributed by atoms with E-state index in [1.54, 1.807) is 0 Å². The van der Waals surface area contributed by atoms with Crippen LogP contribution in [-0.2, 0) is 0 Å². The number of hydrogen-bond donors (Lipinski definition) is 4. The van der Waals surface area contributed by atoms with Gasteiger partial charge in [-0.15, -0.1) is 0 Å². The quantitative estimate of drug-likeness (QED) is 0.452. The van der Waals surface area contributed by atoms with Crippen LogP contribution in [0.4, 0.5) is 0 Å². The highest BCUT2D eigenvalue weighted by molar-refractivity contribution is 5.16. The highest BCUT2D eigenvalue weighted by Gasteiger charge is 2.68. The monoisotopic (exact) mass is 464 g/mol. The molecule has 4 saturated carbocycles. The summed E-state index contributed by atoms with van der Waals surface area (Å²) < 4.78 is 0. The summed E-state index contributed by atoms with van der Waals surface area (Å²) in [6.45, 7) is 19.9. The van der Waals surface area contributed by atoms with Gasteiger partial charge in [0.25, 0.3) is 0 Å². The van der Waals surface area contributed by atoms with E-state index in [4.69, 9.17) is 0 Å². The Bertz CT molecular complexity index is 730. The van der Waals surface area contributed by atoms with E-state index in [1.807, 2.05) is 6.92 Å². The summed E-state index contributed by atoms with van der Waals surface area (Å²) in [6, 6.07) is 0. The maximum Gasteiger partial charge on any atom is 0.0656 e. The molecule has 0 saturated heterocycles. The van der Waals surface area contributed by atoms with Gasteiger partial charge in [0, 0.05) is 17.3 Å². The molecule has 15 unspecified atom stereocenters. The molecule has 4 aliphatic rings. The van der Waals surface area contributed by atoms with Gasteiger partial charge in [0.2, 0.25) is 0 Å². The van der Waals surface area contributed by atoms with Crippen molar-refractivity contribution in [2.24, 2.45) is 69.5 Å². The molecule has 0 radical (unpaired) electrons. The second kappa shape index (κ2) is 8.18. The first-order valence-electron chi connectivity index (χ1n) is 13.8. The third kappa shape index (κ3) is 3.51. The van der Waals surface area contributed by atoms with Gasteiger partial charge in [-0.2, -0.15) is 0 Å². The van der Waals surface area contributed by atoms with Crippen molar-refractivity contribution in [1.82, 2.24) is 0 Å². The maximum absolute atomic E-state index is 12.0. The normalized spacial score (nSPS) is 58.1. The fourth-order valence-electron chi connectivity index (χ4n) is 10.4. The molecule has 4 heteroatoms. The predicted molar refractivity (Wildman–Crippen MR) is 132 cm³/mol. The lowest BCUT2D eigenvalue weighted by Crippen LogP contribution is -2.69. The van der Waals surface area contributed by atoms with E-state index >= 15 is 0 Å². The maximum atomic E-state index is 12.0. The average Bonchev–Trinajstić information content (AvgIpc) is 2.67. The first kappa shape index (κ1) is 25.9. The van der Waals surface area contributed by atoms with E-state index in [-0.39, 0.29) is 51.8 Å². The molecule has 4 nitrogen and oxygen atoms in total. The Morgan fingerprint density at radius 2 is 1.45 bits per heavy atom. The van der Waals surface area contributed by atoms with Crippen LogP contribution in [0.1, 0.15) is 88.0 Å². The third-order valence-corrected chi connectivity index (χ3v) is 12.3. The van der Waals surface area contributed by atoms with Crippen molar-refractivity contribution in [3.8, 4) is 0 Å². The van der Waals surface area contributed by atoms with E-state index in [2.05, 4.69) is 55.4 Å². The Kier molecular flexibility index (Phi) is 6.43. The summed E-state index contributed by atoms with van der Waals surface area (Å²) in [4.78, 5) is 0. The number of aliphatic hydroxyl groups excluding tert-OH is 4. The Hall–Kier alpha value is -0.160. The SMILES string of the molecule is CC(O)C1C(C)CC2(C)CC3C(C)C4CCC(C(C)(C)C)C(O)C4C(O)C3C(C)C2(C)C1O. The van der Waals surface area contributed by atoms with Crippen LogP contribution in [-0.4, -0.2) is 44.8 Å². The highest BCUT2D eigenvalue weighted by Crippen LogP contribution is 2.70. The molecule has 0 aromatic rings. The summed E-state index contributed by atoms with van der Waals surface area (Å²) in [5.41, 5.74) is -0.383. The van der Waals surface area contributed by atoms with E-state index in [9.17, 15) is 20.4 Å². The van der Waals surface area contributed by atoms with E-state index < -0.39 is 24.4 Å². The largest absolute Gasteiger partial charge is 0.393 e. The van der Waals surface area contributed by atoms with Gasteiger partial charge in [-0.05, 0) is 84.9 Å². The lowest BCUT2D eigenvalue weighted by Gasteiger charge is -2.70. The molecule has 4 N–H and O–H groups in total. The molecule has 0 heterocycles. The minimum absolute atomic E-state index is 0.0209. The van der Waals surface area contributed by atoms with Crippen molar-refractivity contribution >= 4 is 0 Å². The van der Waals surface area contributed by atoms with Crippen molar-refractivity contribution < 1.29 is 20.4 Å². The minimum Gasteiger partial charge on any atom is -0.393 e. The van der Waals surface area contributed by atoms with Crippen molar-refractivity contribution in [3.05, 3.63) is 0 Å². The Morgan fingerprint density at radius 3 is 2.00 bits per heavy atom. The van der Waals surface area contributed by atoms with Crippen LogP contribution in [0.25, 0.3) is 0 Å². The van der Waals surface area contributed by atoms with Crippen molar-refractivity contribution in [3.63, 3.8) is 0 Å². The molecule has 0 amide bonds. The summed E-state index contributed by atoms with van der Waals surface area (Å²) in [7, 11) is 0. The first-order chi connectivity index (χ1) is 15.1. The smallest absolute Gasteiger partial charge is 0.0656 e. The molecular weight excluding hydrogens is 412 g/mol. The Morgan fingerprint density at radius 1 is 0.848 bits per heavy atom. The van der Waals surface area contributed by atoms with Crippen molar-refractivity contribution in [2.45, 2.75) is 112 Å². The van der Waals surface area contributed by atoms with Crippen LogP contribution in [0, 0.1) is 69.5 Å². The van der Waals surface area contributed by atoms with Crippen LogP contribution in [0.2, 0.25) is 0 Å². The van der Waals surface area contributed by atoms with E-state index in [1.165, 1.54) is 0 Å². The van der Waals surface area contributed by atoms with Gasteiger partial charge in [-0.25, -0.2) is 0 Å². The van der Waals surface area contributed by atoms with Crippen LogP contribution >= 0.6 is 0 Å². The molecule has 0 spiro atoms. The zero-order valence-electron chi connectivity index (χ0n) is 22.6. The molecule has 0 aromatic carbocycles. The zero-order valence-corrected chi connectivity index (χ0v) is 22.6. The van der Waals surface area contributed by atoms with Gasteiger partial charge in [0.15, 0.2) is 0 Å². The fourth-order valence-corrected chi connectivity index (χ4v) is 10.4. The van der Waals surface area contributed by atoms with Gasteiger partial charge in [-0.3, -0.25) is 0 Å². The van der Waals surface area contributed by atoms with Crippen LogP contribution in [0.15, 0.2) is 0 Å². The molecule has 15 atom stereocenters. The second-order valence-corrected chi connectivity index (χ2v) is 14.7. The van der Waals surface area contributed by atoms with Crippen molar-refractivity contribution in [1.29, 1.82) is 0 Å². The van der Waals surface area contributed by atoms with Crippen LogP contribution in [0.5, 0.6) is 0 Å². The highest BCUT2D eigenvalue weighted by atomic mass is 16.3. The Balaban J connectivity index is 1.73. The molecule has 192 valence electrons. The fraction of sp³-hybridized carbons (Fsp3) is 1.00. The predicted octanol–water partition coefficient (Wildman–Crippen LogP) is 4.73. The summed E-state index contributed by atoms with van der Waals surface area (Å²) in [5, 5.41) is 45.9. The van der Waals surface area contributed by atoms with Crippen molar-refractivity contribution in [2.75, 3.05) is 0 Å². The minimum atomic E-state index is -0.596. The molecule has 0 aromatic heterocycles. The lowest BCUT2D eigenvalue weighted by atomic mass is 9.36. The molecule has 0 aliphatic heterocycles. The summed E-state index contributed by atoms with van der Waals surface area (Å²) in [6.07, 6.45) is 2.01. The zero-order chi connectivity index (χ0) is 24.8. The molecule has 4 rings (SSSR count). The van der Waals surface area contributed by atoms with E-state index in [0.29, 0.717) is 17.8 Å². The average molecular weight is 465 g/mol. The van der Waals surface area contributed by atoms with E-state index in [0.717, 1.165) is 25.7 Å². The lowest BCUT2D eigenvalue weighted by molar-refractivity contribution is -0.270. The number of hydrogen-bond acceptors (Lipinski definition) is 4. The second-order valence-electron chi connectivity index (χ2n) is 14.7. The molecule has 33 heavy (non-hydrogen) atoms. The van der Waals surface area contributed by atoms with Gasteiger partial charge in [0.05, 0.1) is 24.4 Å². The topological polar surface area (TPSA) is 80.9 Å². The number of fused-ring (bicyclic) bond motifs is 3. The van der Waals surface area contributed by atoms with Crippen LogP contribution < -0.4 is 0 Å². The first-order valence-corrected chi connectivity index (χ1v) is 13.8. The third-order valence-electron chi connectivity index (χ3n) is 12.3. The van der Waals surface area contributed by atoms with Gasteiger partial charge < -0.3 is 20.4 Å². The molecule has 0 bridgehead atoms. The molecule has 4 fully saturated rings. The standard InChI is InChI=1S/C29H52O4/c1-14-12-28(8)13-19-15(2)18-10-11-20(27(5,6)7)24(31)23(18)25(32)22(19)16(3)29(28,9)26(33)21(14)17(4)30/h14-26,30-33H,10-13H2,1-9H3. The van der Waals surface area contributed by atoms with Crippen LogP contribution in [0.3, 0.4) is 0 Å². The van der Waals surface area contributed by atoms with Gasteiger partial charge in [-0.1, -0.05) is 55.4 Å². The molecule has 4 aliphatic carbocycles. The number of rotatable bonds is 1. The van der Waals surface area contributed by atoms with Gasteiger partial charge >= 0.3 is 0 Å². The summed E-state index contributed by atoms with van der Waals surface area (Å²) in [5.74, 6) is 1.68. The summed E-state index contributed by atoms with van der Waals surface area (Å²) >= 11 is 0. The molecular formula is C29H52O4.